The predicted octanol–water partition coefficient (Wildman–Crippen LogP) is 3.10. The van der Waals surface area contributed by atoms with Crippen molar-refractivity contribution in [3.8, 4) is 6.07 Å². The summed E-state index contributed by atoms with van der Waals surface area (Å²) in [6.45, 7) is 6.75. The van der Waals surface area contributed by atoms with Gasteiger partial charge in [0, 0.05) is 17.9 Å². The van der Waals surface area contributed by atoms with Crippen molar-refractivity contribution >= 4 is 11.8 Å². The molecule has 1 N–H and O–H groups in total. The van der Waals surface area contributed by atoms with Crippen molar-refractivity contribution in [2.45, 2.75) is 45.7 Å². The van der Waals surface area contributed by atoms with Crippen molar-refractivity contribution < 1.29 is 28.9 Å². The lowest BCUT2D eigenvalue weighted by atomic mass is 9.85. The first-order valence-electron chi connectivity index (χ1n) is 9.75. The number of hydrogen-bond donors (Lipinski definition) is 1. The number of rotatable bonds is 7. The first-order valence-corrected chi connectivity index (χ1v) is 9.75. The molecule has 160 valence electrons. The van der Waals surface area contributed by atoms with Crippen molar-refractivity contribution in [3.05, 3.63) is 48.0 Å². The normalized spacial score (nSPS) is 33.9. The number of benzene rings is 1. The molecule has 0 amide bonds. The average Bonchev–Trinajstić information content (AvgIpc) is 2.92. The van der Waals surface area contributed by atoms with E-state index in [2.05, 4.69) is 0 Å². The molecule has 7 nitrogen and oxygen atoms in total. The lowest BCUT2D eigenvalue weighted by molar-refractivity contribution is -0.232. The Morgan fingerprint density at radius 3 is 2.30 bits per heavy atom. The number of allylic oxidation sites excluding steroid dienone is 1. The van der Waals surface area contributed by atoms with E-state index in [9.17, 15) is 20.0 Å². The van der Waals surface area contributed by atoms with Gasteiger partial charge < -0.3 is 19.3 Å². The second kappa shape index (κ2) is 7.02. The van der Waals surface area contributed by atoms with Gasteiger partial charge in [-0.3, -0.25) is 9.59 Å². The number of nitrogens with zero attached hydrogens (tertiary/aromatic N) is 1. The average molecular weight is 413 g/mol. The van der Waals surface area contributed by atoms with Gasteiger partial charge in [0.2, 0.25) is 5.78 Å². The van der Waals surface area contributed by atoms with Crippen LogP contribution in [0.15, 0.2) is 42.5 Å². The first-order chi connectivity index (χ1) is 13.9. The molecule has 3 rings (SSSR count). The van der Waals surface area contributed by atoms with Crippen molar-refractivity contribution in [2.24, 2.45) is 16.2 Å². The van der Waals surface area contributed by atoms with E-state index in [4.69, 9.17) is 14.2 Å². The molecule has 0 radical (unpaired) electrons. The number of carboxylic acid groups (broad SMARTS) is 1. The molecule has 1 aromatic rings. The Hall–Kier alpha value is -2.53. The zero-order chi connectivity index (χ0) is 22.4. The molecule has 1 saturated heterocycles. The zero-order valence-electron chi connectivity index (χ0n) is 17.9. The van der Waals surface area contributed by atoms with Crippen LogP contribution in [0.2, 0.25) is 0 Å². The summed E-state index contributed by atoms with van der Waals surface area (Å²) in [6, 6.07) is 11.4. The van der Waals surface area contributed by atoms with Crippen molar-refractivity contribution in [1.82, 2.24) is 0 Å². The van der Waals surface area contributed by atoms with E-state index in [1.165, 1.54) is 13.2 Å². The van der Waals surface area contributed by atoms with E-state index in [1.807, 2.05) is 36.4 Å². The van der Waals surface area contributed by atoms with Crippen LogP contribution in [0.3, 0.4) is 0 Å². The van der Waals surface area contributed by atoms with Gasteiger partial charge in [0.15, 0.2) is 11.2 Å². The van der Waals surface area contributed by atoms with Gasteiger partial charge in [0.1, 0.15) is 6.61 Å². The van der Waals surface area contributed by atoms with Gasteiger partial charge in [-0.05, 0) is 31.9 Å². The number of nitriles is 1. The van der Waals surface area contributed by atoms with E-state index < -0.39 is 39.6 Å². The van der Waals surface area contributed by atoms with Crippen LogP contribution in [0.5, 0.6) is 0 Å². The van der Waals surface area contributed by atoms with Gasteiger partial charge >= 0.3 is 5.97 Å². The van der Waals surface area contributed by atoms with Gasteiger partial charge in [-0.2, -0.15) is 5.26 Å². The number of carbonyl (C=O) groups excluding carboxylic acids is 1. The number of carboxylic acids is 1. The van der Waals surface area contributed by atoms with Crippen molar-refractivity contribution in [1.29, 1.82) is 5.26 Å². The molecule has 1 unspecified atom stereocenters. The number of ketones is 1. The second-order valence-corrected chi connectivity index (χ2v) is 8.87. The van der Waals surface area contributed by atoms with Gasteiger partial charge in [0.05, 0.1) is 6.07 Å². The van der Waals surface area contributed by atoms with Crippen molar-refractivity contribution in [3.63, 3.8) is 0 Å². The highest BCUT2D eigenvalue weighted by Crippen LogP contribution is 2.79. The molecule has 1 aliphatic heterocycles. The molecule has 2 aliphatic rings. The summed E-state index contributed by atoms with van der Waals surface area (Å²) in [6.07, 6.45) is 3.13. The summed E-state index contributed by atoms with van der Waals surface area (Å²) >= 11 is 0. The van der Waals surface area contributed by atoms with E-state index in [0.717, 1.165) is 5.56 Å². The van der Waals surface area contributed by atoms with E-state index in [-0.39, 0.29) is 6.61 Å². The lowest BCUT2D eigenvalue weighted by Crippen LogP contribution is -2.43. The standard InChI is InChI=1S/C23H27NO6/c1-19(2)21(22(19,14-24)18(26)27,13-16-9-7-6-8-10-16)12-11-17(25)23(28-5)15-29-20(3,4)30-23/h6-12H,13,15H2,1-5H3,(H,26,27)/t21-,22-,23?/m0/s1. The number of methoxy groups -OCH3 is 1. The fraction of sp³-hybridized carbons (Fsp3) is 0.522. The molecular formula is C23H27NO6. The highest BCUT2D eigenvalue weighted by Gasteiger charge is 2.86. The van der Waals surface area contributed by atoms with Crippen LogP contribution >= 0.6 is 0 Å². The number of hydrogen-bond acceptors (Lipinski definition) is 6. The molecule has 1 saturated carbocycles. The molecule has 7 heteroatoms. The minimum absolute atomic E-state index is 0.0862. The molecule has 1 heterocycles. The van der Waals surface area contributed by atoms with Crippen LogP contribution in [-0.2, 0) is 30.2 Å². The SMILES string of the molecule is COC1(C(=O)C=C[C@]2(Cc3ccccc3)C(C)(C)[C@]2(C#N)C(=O)O)COC(C)(C)O1. The maximum Gasteiger partial charge on any atom is 0.325 e. The molecular weight excluding hydrogens is 386 g/mol. The minimum Gasteiger partial charge on any atom is -0.480 e. The zero-order valence-corrected chi connectivity index (χ0v) is 17.9. The Labute approximate surface area is 176 Å². The summed E-state index contributed by atoms with van der Waals surface area (Å²) in [7, 11) is 1.36. The van der Waals surface area contributed by atoms with Crippen LogP contribution in [-0.4, -0.2) is 42.1 Å². The van der Waals surface area contributed by atoms with E-state index in [0.29, 0.717) is 6.42 Å². The number of ether oxygens (including phenoxy) is 3. The third-order valence-corrected chi connectivity index (χ3v) is 6.72. The largest absolute Gasteiger partial charge is 0.480 e. The Morgan fingerprint density at radius 1 is 1.23 bits per heavy atom. The molecule has 0 spiro atoms. The highest BCUT2D eigenvalue weighted by molar-refractivity contribution is 5.97. The topological polar surface area (TPSA) is 106 Å². The fourth-order valence-electron chi connectivity index (χ4n) is 4.80. The fourth-order valence-corrected chi connectivity index (χ4v) is 4.80. The van der Waals surface area contributed by atoms with Crippen LogP contribution in [0.25, 0.3) is 0 Å². The third kappa shape index (κ3) is 2.90. The summed E-state index contributed by atoms with van der Waals surface area (Å²) in [5.41, 5.74) is -2.77. The highest BCUT2D eigenvalue weighted by atomic mass is 16.8. The lowest BCUT2D eigenvalue weighted by Gasteiger charge is -2.25. The maximum absolute atomic E-state index is 13.0. The third-order valence-electron chi connectivity index (χ3n) is 6.72. The summed E-state index contributed by atoms with van der Waals surface area (Å²) in [5.74, 6) is -4.29. The molecule has 1 aromatic carbocycles. The second-order valence-electron chi connectivity index (χ2n) is 8.87. The Bertz CT molecular complexity index is 931. The summed E-state index contributed by atoms with van der Waals surface area (Å²) in [5, 5.41) is 19.9. The minimum atomic E-state index is -1.67. The summed E-state index contributed by atoms with van der Waals surface area (Å²) in [4.78, 5) is 25.3. The Kier molecular flexibility index (Phi) is 5.18. The summed E-state index contributed by atoms with van der Waals surface area (Å²) < 4.78 is 16.6. The molecule has 30 heavy (non-hydrogen) atoms. The predicted molar refractivity (Wildman–Crippen MR) is 107 cm³/mol. The van der Waals surface area contributed by atoms with Gasteiger partial charge in [-0.25, -0.2) is 0 Å². The number of aliphatic carboxylic acids is 1. The quantitative estimate of drug-likeness (QED) is 0.685. The molecule has 0 bridgehead atoms. The first kappa shape index (κ1) is 22.2. The van der Waals surface area contributed by atoms with Crippen LogP contribution in [0.4, 0.5) is 0 Å². The molecule has 0 aromatic heterocycles. The van der Waals surface area contributed by atoms with Gasteiger partial charge in [-0.1, -0.05) is 50.3 Å². The van der Waals surface area contributed by atoms with Gasteiger partial charge in [0.25, 0.3) is 5.79 Å². The van der Waals surface area contributed by atoms with Crippen molar-refractivity contribution in [2.75, 3.05) is 13.7 Å². The molecule has 3 atom stereocenters. The number of carbonyl (C=O) groups is 2. The molecule has 1 aliphatic carbocycles. The Morgan fingerprint density at radius 2 is 1.87 bits per heavy atom. The van der Waals surface area contributed by atoms with Gasteiger partial charge in [-0.15, -0.1) is 0 Å². The van der Waals surface area contributed by atoms with E-state index >= 15 is 0 Å². The van der Waals surface area contributed by atoms with Crippen LogP contribution in [0, 0.1) is 27.6 Å². The van der Waals surface area contributed by atoms with Crippen LogP contribution in [0.1, 0.15) is 33.3 Å². The maximum atomic E-state index is 13.0. The van der Waals surface area contributed by atoms with E-state index in [1.54, 1.807) is 33.8 Å². The Balaban J connectivity index is 2.02. The molecule has 2 fully saturated rings. The smallest absolute Gasteiger partial charge is 0.325 e. The van der Waals surface area contributed by atoms with Crippen LogP contribution < -0.4 is 0 Å². The monoisotopic (exact) mass is 413 g/mol.